The molecule has 2 bridgehead atoms. The lowest BCUT2D eigenvalue weighted by Gasteiger charge is -2.46. The first kappa shape index (κ1) is 8.09. The predicted molar refractivity (Wildman–Crippen MR) is 47.7 cm³/mol. The number of amides is 1. The molecule has 2 aliphatic rings. The largest absolute Gasteiger partial charge is 0.350 e. The van der Waals surface area contributed by atoms with E-state index in [9.17, 15) is 4.79 Å². The molecule has 0 spiro atoms. The fourth-order valence-corrected chi connectivity index (χ4v) is 2.76. The van der Waals surface area contributed by atoms with Crippen molar-refractivity contribution >= 4 is 5.91 Å². The normalized spacial score (nSPS) is 44.2. The van der Waals surface area contributed by atoms with Crippen LogP contribution >= 0.6 is 0 Å². The Labute approximate surface area is 73.7 Å². The van der Waals surface area contributed by atoms with Crippen LogP contribution in [0.5, 0.6) is 0 Å². The van der Waals surface area contributed by atoms with Crippen LogP contribution in [0, 0.1) is 11.3 Å². The van der Waals surface area contributed by atoms with E-state index in [1.165, 1.54) is 6.42 Å². The lowest BCUT2D eigenvalue weighted by atomic mass is 9.68. The summed E-state index contributed by atoms with van der Waals surface area (Å²) in [6.45, 7) is 6.75. The van der Waals surface area contributed by atoms with Crippen molar-refractivity contribution in [3.8, 4) is 0 Å². The van der Waals surface area contributed by atoms with Gasteiger partial charge in [0.2, 0.25) is 5.91 Å². The van der Waals surface area contributed by atoms with Gasteiger partial charge in [-0.2, -0.15) is 0 Å². The second-order valence-corrected chi connectivity index (χ2v) is 5.04. The molecule has 0 aromatic carbocycles. The van der Waals surface area contributed by atoms with Gasteiger partial charge in [0.15, 0.2) is 0 Å². The van der Waals surface area contributed by atoms with E-state index in [1.807, 2.05) is 0 Å². The Morgan fingerprint density at radius 2 is 2.08 bits per heavy atom. The molecule has 0 radical (unpaired) electrons. The van der Waals surface area contributed by atoms with Crippen molar-refractivity contribution in [2.24, 2.45) is 11.3 Å². The quantitative estimate of drug-likeness (QED) is 0.584. The molecule has 1 saturated carbocycles. The molecule has 1 aliphatic carbocycles. The zero-order valence-corrected chi connectivity index (χ0v) is 8.11. The third-order valence-electron chi connectivity index (χ3n) is 4.28. The molecule has 1 heterocycles. The molecular formula is C10H17NO. The van der Waals surface area contributed by atoms with E-state index in [2.05, 4.69) is 26.1 Å². The summed E-state index contributed by atoms with van der Waals surface area (Å²) in [6, 6.07) is 0. The Bertz CT molecular complexity index is 234. The zero-order chi connectivity index (χ0) is 8.98. The third-order valence-corrected chi connectivity index (χ3v) is 4.28. The van der Waals surface area contributed by atoms with Gasteiger partial charge in [-0.25, -0.2) is 0 Å². The lowest BCUT2D eigenvalue weighted by molar-refractivity contribution is -0.129. The van der Waals surface area contributed by atoms with E-state index in [-0.39, 0.29) is 11.4 Å². The highest BCUT2D eigenvalue weighted by Gasteiger charge is 2.55. The van der Waals surface area contributed by atoms with E-state index in [0.717, 1.165) is 12.8 Å². The molecule has 1 unspecified atom stereocenters. The van der Waals surface area contributed by atoms with Gasteiger partial charge in [0.05, 0.1) is 0 Å². The van der Waals surface area contributed by atoms with Crippen LogP contribution in [0.25, 0.3) is 0 Å². The van der Waals surface area contributed by atoms with Crippen molar-refractivity contribution in [3.05, 3.63) is 0 Å². The van der Waals surface area contributed by atoms with Gasteiger partial charge < -0.3 is 5.32 Å². The maximum absolute atomic E-state index is 11.3. The average molecular weight is 167 g/mol. The highest BCUT2D eigenvalue weighted by Crippen LogP contribution is 2.53. The van der Waals surface area contributed by atoms with Crippen molar-refractivity contribution in [1.29, 1.82) is 0 Å². The van der Waals surface area contributed by atoms with E-state index in [4.69, 9.17) is 0 Å². The fourth-order valence-electron chi connectivity index (χ4n) is 2.76. The Kier molecular flexibility index (Phi) is 1.37. The van der Waals surface area contributed by atoms with Crippen LogP contribution in [-0.2, 0) is 4.79 Å². The summed E-state index contributed by atoms with van der Waals surface area (Å²) in [5.41, 5.74) is 0.355. The Hall–Kier alpha value is -0.530. The predicted octanol–water partition coefficient (Wildman–Crippen LogP) is 1.70. The van der Waals surface area contributed by atoms with Crippen LogP contribution < -0.4 is 5.32 Å². The van der Waals surface area contributed by atoms with E-state index >= 15 is 0 Å². The van der Waals surface area contributed by atoms with Gasteiger partial charge in [0.1, 0.15) is 0 Å². The van der Waals surface area contributed by atoms with E-state index < -0.39 is 0 Å². The molecule has 1 aliphatic heterocycles. The minimum atomic E-state index is 0.0625. The second-order valence-electron chi connectivity index (χ2n) is 5.04. The molecule has 0 aromatic heterocycles. The minimum absolute atomic E-state index is 0.0625. The van der Waals surface area contributed by atoms with Crippen molar-refractivity contribution in [2.75, 3.05) is 0 Å². The van der Waals surface area contributed by atoms with Gasteiger partial charge in [0.25, 0.3) is 0 Å². The summed E-state index contributed by atoms with van der Waals surface area (Å²) in [5.74, 6) is 0.857. The molecule has 12 heavy (non-hydrogen) atoms. The molecule has 68 valence electrons. The van der Waals surface area contributed by atoms with Crippen molar-refractivity contribution in [2.45, 2.75) is 45.6 Å². The fraction of sp³-hybridized carbons (Fsp3) is 0.900. The molecule has 2 nitrogen and oxygen atoms in total. The van der Waals surface area contributed by atoms with Gasteiger partial charge in [-0.3, -0.25) is 4.79 Å². The molecule has 2 heteroatoms. The minimum Gasteiger partial charge on any atom is -0.350 e. The van der Waals surface area contributed by atoms with E-state index in [0.29, 0.717) is 11.3 Å². The molecule has 1 amide bonds. The van der Waals surface area contributed by atoms with Crippen molar-refractivity contribution < 1.29 is 4.79 Å². The lowest BCUT2D eigenvalue weighted by Crippen LogP contribution is -2.58. The topological polar surface area (TPSA) is 29.1 Å². The Balaban J connectivity index is 2.37. The third kappa shape index (κ3) is 0.782. The van der Waals surface area contributed by atoms with Gasteiger partial charge >= 0.3 is 0 Å². The molecular weight excluding hydrogens is 150 g/mol. The van der Waals surface area contributed by atoms with Gasteiger partial charge in [0, 0.05) is 12.0 Å². The molecule has 0 aromatic rings. The molecule has 1 saturated heterocycles. The summed E-state index contributed by atoms with van der Waals surface area (Å²) in [6.07, 6.45) is 3.10. The standard InChI is InChI=1S/C10H17NO/c1-9(2)7-4-5-10(9,3)11-8(12)6-7/h7H,4-6H2,1-3H3,(H,11,12)/t7?,10-/m1/s1. The molecule has 2 rings (SSSR count). The maximum Gasteiger partial charge on any atom is 0.220 e. The first-order chi connectivity index (χ1) is 5.46. The van der Waals surface area contributed by atoms with Crippen LogP contribution in [0.4, 0.5) is 0 Å². The maximum atomic E-state index is 11.3. The number of fused-ring (bicyclic) bond motifs is 2. The van der Waals surface area contributed by atoms with Crippen LogP contribution in [-0.4, -0.2) is 11.4 Å². The SMILES string of the molecule is CC1(C)C2CC[C@@]1(C)NC(=O)C2. The summed E-state index contributed by atoms with van der Waals surface area (Å²) in [4.78, 5) is 11.3. The number of rotatable bonds is 0. The summed E-state index contributed by atoms with van der Waals surface area (Å²) >= 11 is 0. The first-order valence-electron chi connectivity index (χ1n) is 4.77. The second kappa shape index (κ2) is 2.04. The number of carbonyl (C=O) groups is 1. The Morgan fingerprint density at radius 1 is 1.42 bits per heavy atom. The molecule has 2 atom stereocenters. The molecule has 2 fully saturated rings. The monoisotopic (exact) mass is 167 g/mol. The van der Waals surface area contributed by atoms with E-state index in [1.54, 1.807) is 0 Å². The Morgan fingerprint density at radius 3 is 2.67 bits per heavy atom. The number of carbonyl (C=O) groups excluding carboxylic acids is 1. The van der Waals surface area contributed by atoms with Crippen LogP contribution in [0.1, 0.15) is 40.0 Å². The summed E-state index contributed by atoms with van der Waals surface area (Å²) in [5, 5.41) is 3.14. The van der Waals surface area contributed by atoms with Crippen molar-refractivity contribution in [3.63, 3.8) is 0 Å². The van der Waals surface area contributed by atoms with Crippen LogP contribution in [0.15, 0.2) is 0 Å². The average Bonchev–Trinajstić information content (AvgIpc) is 2.16. The number of piperidine rings is 1. The smallest absolute Gasteiger partial charge is 0.220 e. The van der Waals surface area contributed by atoms with Crippen molar-refractivity contribution in [1.82, 2.24) is 5.32 Å². The van der Waals surface area contributed by atoms with Gasteiger partial charge in [-0.15, -0.1) is 0 Å². The zero-order valence-electron chi connectivity index (χ0n) is 8.11. The first-order valence-corrected chi connectivity index (χ1v) is 4.77. The highest BCUT2D eigenvalue weighted by molar-refractivity contribution is 5.79. The number of hydrogen-bond acceptors (Lipinski definition) is 1. The number of nitrogens with one attached hydrogen (secondary N) is 1. The van der Waals surface area contributed by atoms with Gasteiger partial charge in [-0.1, -0.05) is 13.8 Å². The van der Waals surface area contributed by atoms with Crippen LogP contribution in [0.2, 0.25) is 0 Å². The number of hydrogen-bond donors (Lipinski definition) is 1. The molecule has 1 N–H and O–H groups in total. The van der Waals surface area contributed by atoms with Gasteiger partial charge in [-0.05, 0) is 31.1 Å². The highest BCUT2D eigenvalue weighted by atomic mass is 16.1. The summed E-state index contributed by atoms with van der Waals surface area (Å²) in [7, 11) is 0. The summed E-state index contributed by atoms with van der Waals surface area (Å²) < 4.78 is 0. The van der Waals surface area contributed by atoms with Crippen LogP contribution in [0.3, 0.4) is 0 Å².